The molecule has 0 unspecified atom stereocenters. The first kappa shape index (κ1) is 18.1. The Kier molecular flexibility index (Phi) is 5.65. The van der Waals surface area contributed by atoms with Gasteiger partial charge in [-0.1, -0.05) is 46.5 Å². The lowest BCUT2D eigenvalue weighted by Gasteiger charge is -2.16. The lowest BCUT2D eigenvalue weighted by Crippen LogP contribution is -2.19. The molecule has 0 bridgehead atoms. The number of methoxy groups -OCH3 is 1. The van der Waals surface area contributed by atoms with Crippen molar-refractivity contribution in [3.8, 4) is 11.5 Å². The quantitative estimate of drug-likeness (QED) is 0.635. The van der Waals surface area contributed by atoms with Crippen molar-refractivity contribution >= 4 is 29.2 Å². The van der Waals surface area contributed by atoms with Gasteiger partial charge in [-0.25, -0.2) is 0 Å². The number of aromatic nitrogens is 4. The zero-order chi connectivity index (χ0) is 18.5. The number of nitrogens with one attached hydrogen (secondary N) is 1. The van der Waals surface area contributed by atoms with Crippen molar-refractivity contribution in [2.24, 2.45) is 0 Å². The lowest BCUT2D eigenvalue weighted by molar-refractivity contribution is 0.281. The number of nitrogens with two attached hydrogens (primary N) is 1. The van der Waals surface area contributed by atoms with Gasteiger partial charge in [-0.15, -0.1) is 4.79 Å². The van der Waals surface area contributed by atoms with Gasteiger partial charge in [-0.2, -0.15) is 0 Å². The van der Waals surface area contributed by atoms with Crippen LogP contribution >= 0.6 is 23.2 Å². The highest BCUT2D eigenvalue weighted by Gasteiger charge is 2.13. The van der Waals surface area contributed by atoms with Crippen molar-refractivity contribution in [2.75, 3.05) is 18.3 Å². The van der Waals surface area contributed by atoms with E-state index in [1.807, 2.05) is 24.3 Å². The minimum Gasteiger partial charge on any atom is -0.493 e. The van der Waals surface area contributed by atoms with Gasteiger partial charge < -0.3 is 20.6 Å². The van der Waals surface area contributed by atoms with Gasteiger partial charge in [0.05, 0.1) is 13.7 Å². The van der Waals surface area contributed by atoms with E-state index in [9.17, 15) is 0 Å². The Labute approximate surface area is 159 Å². The zero-order valence-electron chi connectivity index (χ0n) is 13.8. The zero-order valence-corrected chi connectivity index (χ0v) is 15.3. The van der Waals surface area contributed by atoms with Crippen molar-refractivity contribution in [1.29, 1.82) is 0 Å². The van der Waals surface area contributed by atoms with Crippen molar-refractivity contribution in [3.63, 3.8) is 0 Å². The van der Waals surface area contributed by atoms with Gasteiger partial charge in [0.1, 0.15) is 6.61 Å². The van der Waals surface area contributed by atoms with Crippen LogP contribution in [-0.2, 0) is 13.2 Å². The Hall–Kier alpha value is -2.71. The molecular weight excluding hydrogens is 379 g/mol. The summed E-state index contributed by atoms with van der Waals surface area (Å²) in [5.41, 5.74) is 10.3. The summed E-state index contributed by atoms with van der Waals surface area (Å²) in [4.78, 5) is 1.28. The van der Waals surface area contributed by atoms with Gasteiger partial charge >= 0.3 is 0 Å². The van der Waals surface area contributed by atoms with Crippen LogP contribution < -0.4 is 20.6 Å². The molecule has 136 valence electrons. The van der Waals surface area contributed by atoms with Crippen LogP contribution in [0.1, 0.15) is 11.1 Å². The summed E-state index contributed by atoms with van der Waals surface area (Å²) >= 11 is 12.1. The maximum atomic E-state index is 6.21. The predicted octanol–water partition coefficient (Wildman–Crippen LogP) is 2.89. The number of benzene rings is 2. The Morgan fingerprint density at radius 2 is 2.04 bits per heavy atom. The molecule has 2 aromatic carbocycles. The standard InChI is InChI=1S/C16H16Cl2N6O2/c1-25-14-4-2-3-10(8-20-24-16(19)21-22-23-24)15(14)26-9-11-5-6-12(17)7-13(11)18/h2-7,20H,8-9H2,1H3,(H2,19,21,23). The number of nitrogen functional groups attached to an aromatic ring is 1. The van der Waals surface area contributed by atoms with Crippen LogP contribution in [0.4, 0.5) is 5.95 Å². The minimum atomic E-state index is 0.156. The first-order valence-corrected chi connectivity index (χ1v) is 8.34. The fraction of sp³-hybridized carbons (Fsp3) is 0.188. The number of hydrogen-bond acceptors (Lipinski definition) is 7. The highest BCUT2D eigenvalue weighted by Crippen LogP contribution is 2.33. The summed E-state index contributed by atoms with van der Waals surface area (Å²) in [6.45, 7) is 0.631. The minimum absolute atomic E-state index is 0.156. The molecule has 0 saturated heterocycles. The summed E-state index contributed by atoms with van der Waals surface area (Å²) < 4.78 is 11.4. The Bertz CT molecular complexity index is 902. The Morgan fingerprint density at radius 1 is 1.19 bits per heavy atom. The molecule has 3 rings (SSSR count). The molecule has 0 radical (unpaired) electrons. The van der Waals surface area contributed by atoms with E-state index in [4.69, 9.17) is 38.4 Å². The molecule has 0 fully saturated rings. The van der Waals surface area contributed by atoms with Crippen molar-refractivity contribution < 1.29 is 9.47 Å². The highest BCUT2D eigenvalue weighted by atomic mass is 35.5. The van der Waals surface area contributed by atoms with Crippen LogP contribution in [0.25, 0.3) is 0 Å². The monoisotopic (exact) mass is 394 g/mol. The molecule has 0 aliphatic carbocycles. The summed E-state index contributed by atoms with van der Waals surface area (Å²) in [5, 5.41) is 11.9. The second-order valence-electron chi connectivity index (χ2n) is 5.26. The van der Waals surface area contributed by atoms with E-state index >= 15 is 0 Å². The number of para-hydroxylation sites is 1. The maximum Gasteiger partial charge on any atom is 0.260 e. The van der Waals surface area contributed by atoms with Gasteiger partial charge in [0.2, 0.25) is 0 Å². The number of rotatable bonds is 7. The van der Waals surface area contributed by atoms with E-state index in [2.05, 4.69) is 21.0 Å². The third-order valence-electron chi connectivity index (χ3n) is 3.58. The van der Waals surface area contributed by atoms with E-state index in [0.717, 1.165) is 11.1 Å². The molecule has 1 aromatic heterocycles. The molecule has 3 aromatic rings. The Morgan fingerprint density at radius 3 is 2.73 bits per heavy atom. The van der Waals surface area contributed by atoms with Gasteiger partial charge in [-0.05, 0) is 28.6 Å². The van der Waals surface area contributed by atoms with Crippen LogP contribution in [-0.4, -0.2) is 27.4 Å². The molecule has 0 saturated carbocycles. The molecule has 1 heterocycles. The van der Waals surface area contributed by atoms with E-state index in [0.29, 0.717) is 28.1 Å². The molecule has 26 heavy (non-hydrogen) atoms. The van der Waals surface area contributed by atoms with Crippen LogP contribution in [0.2, 0.25) is 10.0 Å². The molecule has 8 nitrogen and oxygen atoms in total. The molecule has 3 N–H and O–H groups in total. The number of ether oxygens (including phenoxy) is 2. The third kappa shape index (κ3) is 4.09. The second-order valence-corrected chi connectivity index (χ2v) is 6.10. The molecule has 10 heteroatoms. The van der Waals surface area contributed by atoms with E-state index < -0.39 is 0 Å². The second kappa shape index (κ2) is 8.11. The largest absolute Gasteiger partial charge is 0.493 e. The van der Waals surface area contributed by atoms with Gasteiger partial charge in [0.25, 0.3) is 5.95 Å². The van der Waals surface area contributed by atoms with Crippen molar-refractivity contribution in [1.82, 2.24) is 20.3 Å². The average molecular weight is 395 g/mol. The summed E-state index contributed by atoms with van der Waals surface area (Å²) in [7, 11) is 1.58. The molecule has 0 atom stereocenters. The Balaban J connectivity index is 1.79. The lowest BCUT2D eigenvalue weighted by atomic mass is 10.2. The summed E-state index contributed by atoms with van der Waals surface area (Å²) in [5.74, 6) is 1.34. The predicted molar refractivity (Wildman–Crippen MR) is 99.1 cm³/mol. The fourth-order valence-corrected chi connectivity index (χ4v) is 2.74. The molecular formula is C16H16Cl2N6O2. The highest BCUT2D eigenvalue weighted by molar-refractivity contribution is 6.35. The molecule has 0 aliphatic rings. The van der Waals surface area contributed by atoms with Crippen LogP contribution in [0.5, 0.6) is 11.5 Å². The molecule has 0 amide bonds. The smallest absolute Gasteiger partial charge is 0.260 e. The van der Waals surface area contributed by atoms with Crippen LogP contribution in [0, 0.1) is 0 Å². The van der Waals surface area contributed by atoms with Crippen molar-refractivity contribution in [2.45, 2.75) is 13.2 Å². The average Bonchev–Trinajstić information content (AvgIpc) is 3.04. The number of tetrazole rings is 1. The molecule has 0 spiro atoms. The number of halogens is 2. The first-order valence-electron chi connectivity index (χ1n) is 7.59. The number of nitrogens with zero attached hydrogens (tertiary/aromatic N) is 4. The third-order valence-corrected chi connectivity index (χ3v) is 4.17. The fourth-order valence-electron chi connectivity index (χ4n) is 2.28. The van der Waals surface area contributed by atoms with E-state index in [-0.39, 0.29) is 12.6 Å². The van der Waals surface area contributed by atoms with Crippen LogP contribution in [0.15, 0.2) is 36.4 Å². The van der Waals surface area contributed by atoms with Gasteiger partial charge in [-0.3, -0.25) is 0 Å². The maximum absolute atomic E-state index is 6.21. The van der Waals surface area contributed by atoms with Gasteiger partial charge in [0.15, 0.2) is 11.5 Å². The number of anilines is 1. The van der Waals surface area contributed by atoms with E-state index in [1.165, 1.54) is 4.79 Å². The number of hydrogen-bond donors (Lipinski definition) is 2. The molecule has 0 aliphatic heterocycles. The normalized spacial score (nSPS) is 10.6. The first-order chi connectivity index (χ1) is 12.6. The van der Waals surface area contributed by atoms with Gasteiger partial charge in [0, 0.05) is 21.2 Å². The topological polar surface area (TPSA) is 100 Å². The van der Waals surface area contributed by atoms with Crippen LogP contribution in [0.3, 0.4) is 0 Å². The van der Waals surface area contributed by atoms with Crippen molar-refractivity contribution in [3.05, 3.63) is 57.6 Å². The summed E-state index contributed by atoms with van der Waals surface area (Å²) in [6, 6.07) is 10.8. The van der Waals surface area contributed by atoms with E-state index in [1.54, 1.807) is 19.2 Å². The SMILES string of the molecule is COc1cccc(CNn2nnnc2N)c1OCc1ccc(Cl)cc1Cl. The summed E-state index contributed by atoms with van der Waals surface area (Å²) in [6.07, 6.45) is 0.